The van der Waals surface area contributed by atoms with Crippen molar-refractivity contribution in [3.05, 3.63) is 28.2 Å². The third kappa shape index (κ3) is 4.43. The van der Waals surface area contributed by atoms with Gasteiger partial charge in [-0.3, -0.25) is 4.79 Å². The number of anilines is 1. The van der Waals surface area contributed by atoms with E-state index in [1.807, 2.05) is 0 Å². The van der Waals surface area contributed by atoms with Crippen molar-refractivity contribution in [3.63, 3.8) is 0 Å². The Morgan fingerprint density at radius 3 is 2.67 bits per heavy atom. The molecule has 0 saturated carbocycles. The Labute approximate surface area is 114 Å². The number of hydrogen-bond donors (Lipinski definition) is 2. The molecular formula is C11H12Cl2N2O3. The van der Waals surface area contributed by atoms with Crippen LogP contribution < -0.4 is 5.32 Å². The number of nitrogens with one attached hydrogen (secondary N) is 1. The lowest BCUT2D eigenvalue weighted by Gasteiger charge is -2.17. The number of halogens is 2. The van der Waals surface area contributed by atoms with Crippen molar-refractivity contribution in [1.82, 2.24) is 4.90 Å². The van der Waals surface area contributed by atoms with E-state index < -0.39 is 12.0 Å². The molecule has 0 aliphatic heterocycles. The first-order chi connectivity index (χ1) is 8.40. The molecular weight excluding hydrogens is 279 g/mol. The Hall–Kier alpha value is -1.46. The summed E-state index contributed by atoms with van der Waals surface area (Å²) in [6.45, 7) is 0.110. The third-order valence-corrected chi connectivity index (χ3v) is 2.74. The van der Waals surface area contributed by atoms with E-state index in [2.05, 4.69) is 5.32 Å². The van der Waals surface area contributed by atoms with Crippen LogP contribution in [0, 0.1) is 0 Å². The van der Waals surface area contributed by atoms with Gasteiger partial charge in [0.1, 0.15) is 0 Å². The molecule has 0 radical (unpaired) electrons. The van der Waals surface area contributed by atoms with Crippen molar-refractivity contribution >= 4 is 40.9 Å². The summed E-state index contributed by atoms with van der Waals surface area (Å²) in [5, 5.41) is 11.9. The lowest BCUT2D eigenvalue weighted by molar-refractivity contribution is -0.137. The highest BCUT2D eigenvalue weighted by Crippen LogP contribution is 2.25. The highest BCUT2D eigenvalue weighted by molar-refractivity contribution is 6.35. The average molecular weight is 291 g/mol. The predicted molar refractivity (Wildman–Crippen MR) is 70.4 cm³/mol. The van der Waals surface area contributed by atoms with Gasteiger partial charge >= 0.3 is 12.0 Å². The van der Waals surface area contributed by atoms with Crippen molar-refractivity contribution in [3.8, 4) is 0 Å². The van der Waals surface area contributed by atoms with Crippen molar-refractivity contribution < 1.29 is 14.7 Å². The van der Waals surface area contributed by atoms with Gasteiger partial charge in [-0.05, 0) is 18.2 Å². The Balaban J connectivity index is 2.63. The molecule has 1 aromatic rings. The smallest absolute Gasteiger partial charge is 0.321 e. The largest absolute Gasteiger partial charge is 0.481 e. The standard InChI is InChI=1S/C11H12Cl2N2O3/c1-15(5-4-10(16)17)11(18)14-9-6-7(12)2-3-8(9)13/h2-3,6H,4-5H2,1H3,(H,14,18)(H,16,17). The fourth-order valence-electron chi connectivity index (χ4n) is 1.17. The molecule has 98 valence electrons. The minimum Gasteiger partial charge on any atom is -0.481 e. The second-order valence-electron chi connectivity index (χ2n) is 3.62. The summed E-state index contributed by atoms with van der Waals surface area (Å²) >= 11 is 11.7. The number of carboxylic acids is 1. The molecule has 0 atom stereocenters. The number of rotatable bonds is 4. The Morgan fingerprint density at radius 1 is 1.39 bits per heavy atom. The van der Waals surface area contributed by atoms with E-state index in [1.165, 1.54) is 18.0 Å². The van der Waals surface area contributed by atoms with Gasteiger partial charge in [-0.15, -0.1) is 0 Å². The first-order valence-corrected chi connectivity index (χ1v) is 5.84. The molecule has 0 spiro atoms. The van der Waals surface area contributed by atoms with E-state index in [0.29, 0.717) is 15.7 Å². The second kappa shape index (κ2) is 6.47. The molecule has 5 nitrogen and oxygen atoms in total. The zero-order chi connectivity index (χ0) is 13.7. The summed E-state index contributed by atoms with van der Waals surface area (Å²) in [7, 11) is 1.50. The van der Waals surface area contributed by atoms with Gasteiger partial charge in [0.2, 0.25) is 0 Å². The summed E-state index contributed by atoms with van der Waals surface area (Å²) in [4.78, 5) is 23.4. The number of aliphatic carboxylic acids is 1. The van der Waals surface area contributed by atoms with Gasteiger partial charge in [-0.2, -0.15) is 0 Å². The zero-order valence-corrected chi connectivity index (χ0v) is 11.1. The van der Waals surface area contributed by atoms with Crippen LogP contribution in [0.25, 0.3) is 0 Å². The fraction of sp³-hybridized carbons (Fsp3) is 0.273. The van der Waals surface area contributed by atoms with E-state index in [0.717, 1.165) is 0 Å². The highest BCUT2D eigenvalue weighted by Gasteiger charge is 2.12. The van der Waals surface area contributed by atoms with Crippen molar-refractivity contribution in [1.29, 1.82) is 0 Å². The summed E-state index contributed by atoms with van der Waals surface area (Å²) in [6.07, 6.45) is -0.118. The number of nitrogens with zero attached hydrogens (tertiary/aromatic N) is 1. The van der Waals surface area contributed by atoms with Crippen LogP contribution in [-0.2, 0) is 4.79 Å². The molecule has 0 saturated heterocycles. The van der Waals surface area contributed by atoms with E-state index in [4.69, 9.17) is 28.3 Å². The van der Waals surface area contributed by atoms with E-state index in [-0.39, 0.29) is 13.0 Å². The van der Waals surface area contributed by atoms with Crippen LogP contribution in [0.1, 0.15) is 6.42 Å². The lowest BCUT2D eigenvalue weighted by atomic mass is 10.3. The van der Waals surface area contributed by atoms with Crippen LogP contribution >= 0.6 is 23.2 Å². The van der Waals surface area contributed by atoms with Gasteiger partial charge in [0.15, 0.2) is 0 Å². The maximum Gasteiger partial charge on any atom is 0.321 e. The van der Waals surface area contributed by atoms with Gasteiger partial charge in [0, 0.05) is 18.6 Å². The maximum atomic E-state index is 11.7. The minimum absolute atomic E-state index is 0.110. The van der Waals surface area contributed by atoms with Gasteiger partial charge in [-0.25, -0.2) is 4.79 Å². The van der Waals surface area contributed by atoms with Crippen LogP contribution in [-0.4, -0.2) is 35.6 Å². The number of carbonyl (C=O) groups excluding carboxylic acids is 1. The molecule has 2 N–H and O–H groups in total. The maximum absolute atomic E-state index is 11.7. The molecule has 0 aromatic heterocycles. The van der Waals surface area contributed by atoms with E-state index in [9.17, 15) is 9.59 Å². The average Bonchev–Trinajstić information content (AvgIpc) is 2.30. The zero-order valence-electron chi connectivity index (χ0n) is 9.61. The summed E-state index contributed by atoms with van der Waals surface area (Å²) in [5.41, 5.74) is 0.386. The predicted octanol–water partition coefficient (Wildman–Crippen LogP) is 2.93. The quantitative estimate of drug-likeness (QED) is 0.896. The van der Waals surface area contributed by atoms with E-state index in [1.54, 1.807) is 12.1 Å². The van der Waals surface area contributed by atoms with Crippen LogP contribution in [0.5, 0.6) is 0 Å². The number of carboxylic acid groups (broad SMARTS) is 1. The molecule has 1 rings (SSSR count). The Kier molecular flexibility index (Phi) is 5.25. The van der Waals surface area contributed by atoms with Crippen LogP contribution in [0.4, 0.5) is 10.5 Å². The van der Waals surface area contributed by atoms with Crippen LogP contribution in [0.2, 0.25) is 10.0 Å². The molecule has 1 aromatic carbocycles. The van der Waals surface area contributed by atoms with Crippen molar-refractivity contribution in [2.45, 2.75) is 6.42 Å². The Bertz CT molecular complexity index is 466. The van der Waals surface area contributed by atoms with Crippen molar-refractivity contribution in [2.75, 3.05) is 18.9 Å². The SMILES string of the molecule is CN(CCC(=O)O)C(=O)Nc1cc(Cl)ccc1Cl. The Morgan fingerprint density at radius 2 is 2.06 bits per heavy atom. The molecule has 7 heteroatoms. The molecule has 0 aliphatic carbocycles. The lowest BCUT2D eigenvalue weighted by Crippen LogP contribution is -2.33. The molecule has 0 fully saturated rings. The molecule has 0 heterocycles. The summed E-state index contributed by atoms with van der Waals surface area (Å²) < 4.78 is 0. The molecule has 2 amide bonds. The van der Waals surface area contributed by atoms with Gasteiger partial charge in [0.05, 0.1) is 17.1 Å². The highest BCUT2D eigenvalue weighted by atomic mass is 35.5. The van der Waals surface area contributed by atoms with Gasteiger partial charge in [-0.1, -0.05) is 23.2 Å². The molecule has 0 aliphatic rings. The third-order valence-electron chi connectivity index (χ3n) is 2.18. The van der Waals surface area contributed by atoms with Gasteiger partial charge in [0.25, 0.3) is 0 Å². The number of urea groups is 1. The summed E-state index contributed by atoms with van der Waals surface area (Å²) in [6, 6.07) is 4.25. The fourth-order valence-corrected chi connectivity index (χ4v) is 1.51. The van der Waals surface area contributed by atoms with Crippen LogP contribution in [0.3, 0.4) is 0 Å². The topological polar surface area (TPSA) is 69.6 Å². The normalized spacial score (nSPS) is 9.94. The number of carbonyl (C=O) groups is 2. The second-order valence-corrected chi connectivity index (χ2v) is 4.46. The van der Waals surface area contributed by atoms with E-state index >= 15 is 0 Å². The molecule has 18 heavy (non-hydrogen) atoms. The monoisotopic (exact) mass is 290 g/mol. The first-order valence-electron chi connectivity index (χ1n) is 5.09. The van der Waals surface area contributed by atoms with Crippen LogP contribution in [0.15, 0.2) is 18.2 Å². The molecule has 0 unspecified atom stereocenters. The molecule has 0 bridgehead atoms. The number of benzene rings is 1. The number of hydrogen-bond acceptors (Lipinski definition) is 2. The van der Waals surface area contributed by atoms with Gasteiger partial charge < -0.3 is 15.3 Å². The first kappa shape index (κ1) is 14.6. The minimum atomic E-state index is -0.963. The summed E-state index contributed by atoms with van der Waals surface area (Å²) in [5.74, 6) is -0.963. The number of amides is 2. The van der Waals surface area contributed by atoms with Crippen molar-refractivity contribution in [2.24, 2.45) is 0 Å².